The van der Waals surface area contributed by atoms with Crippen LogP contribution in [0.15, 0.2) is 29.2 Å². The molecule has 2 amide bonds. The maximum absolute atomic E-state index is 12.9. The number of piperidine rings is 1. The number of benzene rings is 1. The Labute approximate surface area is 198 Å². The van der Waals surface area contributed by atoms with Gasteiger partial charge in [0.15, 0.2) is 0 Å². The second-order valence-corrected chi connectivity index (χ2v) is 11.0. The topological polar surface area (TPSA) is 98.8 Å². The van der Waals surface area contributed by atoms with Crippen LogP contribution < -0.4 is 10.6 Å². The van der Waals surface area contributed by atoms with Crippen molar-refractivity contribution < 1.29 is 18.0 Å². The number of nitrogens with zero attached hydrogens (tertiary/aromatic N) is 2. The van der Waals surface area contributed by atoms with E-state index in [4.69, 9.17) is 0 Å². The molecule has 2 aliphatic rings. The first-order valence-corrected chi connectivity index (χ1v) is 13.7. The Bertz CT molecular complexity index is 880. The number of hydrogen-bond donors (Lipinski definition) is 2. The predicted octanol–water partition coefficient (Wildman–Crippen LogP) is 2.82. The third-order valence-corrected chi connectivity index (χ3v) is 8.33. The SMILES string of the molecule is CCCCNC(=O)C1CCCN(CC(=O)Nc2ccc(S(=O)(=O)N3CCCCCC3)cc2)C1. The normalized spacial score (nSPS) is 20.7. The van der Waals surface area contributed by atoms with Crippen molar-refractivity contribution in [3.05, 3.63) is 24.3 Å². The van der Waals surface area contributed by atoms with Crippen molar-refractivity contribution in [3.8, 4) is 0 Å². The lowest BCUT2D eigenvalue weighted by Gasteiger charge is -2.31. The molecule has 1 unspecified atom stereocenters. The fraction of sp³-hybridized carbons (Fsp3) is 0.667. The average Bonchev–Trinajstić information content (AvgIpc) is 3.10. The van der Waals surface area contributed by atoms with Gasteiger partial charge in [-0.2, -0.15) is 4.31 Å². The number of unbranched alkanes of at least 4 members (excludes halogenated alkanes) is 1. The van der Waals surface area contributed by atoms with Gasteiger partial charge in [-0.15, -0.1) is 0 Å². The highest BCUT2D eigenvalue weighted by Crippen LogP contribution is 2.22. The molecule has 0 spiro atoms. The van der Waals surface area contributed by atoms with Crippen LogP contribution in [0.1, 0.15) is 58.3 Å². The molecule has 2 heterocycles. The minimum Gasteiger partial charge on any atom is -0.356 e. The zero-order valence-corrected chi connectivity index (χ0v) is 20.5. The molecule has 2 saturated heterocycles. The third kappa shape index (κ3) is 7.52. The number of nitrogens with one attached hydrogen (secondary N) is 2. The van der Waals surface area contributed by atoms with E-state index >= 15 is 0 Å². The molecule has 0 aliphatic carbocycles. The van der Waals surface area contributed by atoms with Crippen LogP contribution in [0.25, 0.3) is 0 Å². The fourth-order valence-electron chi connectivity index (χ4n) is 4.49. The van der Waals surface area contributed by atoms with Crippen LogP contribution in [0.2, 0.25) is 0 Å². The van der Waals surface area contributed by atoms with Gasteiger partial charge >= 0.3 is 0 Å². The average molecular weight is 479 g/mol. The Kier molecular flexibility index (Phi) is 9.70. The maximum Gasteiger partial charge on any atom is 0.243 e. The molecule has 184 valence electrons. The van der Waals surface area contributed by atoms with Crippen LogP contribution in [0.3, 0.4) is 0 Å². The molecule has 1 atom stereocenters. The Morgan fingerprint density at radius 3 is 2.36 bits per heavy atom. The molecule has 0 radical (unpaired) electrons. The zero-order valence-electron chi connectivity index (χ0n) is 19.7. The van der Waals surface area contributed by atoms with Gasteiger partial charge in [-0.1, -0.05) is 26.2 Å². The van der Waals surface area contributed by atoms with Gasteiger partial charge in [0, 0.05) is 31.9 Å². The molecule has 33 heavy (non-hydrogen) atoms. The zero-order chi connectivity index (χ0) is 23.7. The van der Waals surface area contributed by atoms with Crippen LogP contribution in [-0.4, -0.2) is 68.7 Å². The second-order valence-electron chi connectivity index (χ2n) is 9.11. The molecule has 8 nitrogen and oxygen atoms in total. The van der Waals surface area contributed by atoms with E-state index in [2.05, 4.69) is 17.6 Å². The highest BCUT2D eigenvalue weighted by molar-refractivity contribution is 7.89. The highest BCUT2D eigenvalue weighted by Gasteiger charge is 2.27. The molecule has 9 heteroatoms. The van der Waals surface area contributed by atoms with Crippen molar-refractivity contribution in [1.29, 1.82) is 0 Å². The Balaban J connectivity index is 1.50. The van der Waals surface area contributed by atoms with Crippen molar-refractivity contribution in [2.75, 3.05) is 44.6 Å². The van der Waals surface area contributed by atoms with Gasteiger partial charge in [-0.3, -0.25) is 14.5 Å². The van der Waals surface area contributed by atoms with Crippen molar-refractivity contribution in [2.45, 2.75) is 63.2 Å². The molecule has 2 fully saturated rings. The summed E-state index contributed by atoms with van der Waals surface area (Å²) in [4.78, 5) is 27.2. The maximum atomic E-state index is 12.9. The summed E-state index contributed by atoms with van der Waals surface area (Å²) in [5, 5.41) is 5.85. The van der Waals surface area contributed by atoms with Gasteiger partial charge in [0.1, 0.15) is 0 Å². The van der Waals surface area contributed by atoms with Crippen molar-refractivity contribution in [3.63, 3.8) is 0 Å². The van der Waals surface area contributed by atoms with Gasteiger partial charge < -0.3 is 10.6 Å². The fourth-order valence-corrected chi connectivity index (χ4v) is 6.01. The monoisotopic (exact) mass is 478 g/mol. The Morgan fingerprint density at radius 1 is 1.00 bits per heavy atom. The quantitative estimate of drug-likeness (QED) is 0.532. The van der Waals surface area contributed by atoms with Crippen LogP contribution >= 0.6 is 0 Å². The molecular formula is C24H38N4O4S. The number of carbonyl (C=O) groups excluding carboxylic acids is 2. The Hall–Kier alpha value is -1.97. The van der Waals surface area contributed by atoms with E-state index in [0.29, 0.717) is 31.9 Å². The molecule has 1 aromatic carbocycles. The van der Waals surface area contributed by atoms with E-state index in [1.165, 1.54) is 0 Å². The van der Waals surface area contributed by atoms with Gasteiger partial charge in [0.05, 0.1) is 17.4 Å². The summed E-state index contributed by atoms with van der Waals surface area (Å²) in [6.45, 7) is 5.51. The standard InChI is InChI=1S/C24H38N4O4S/c1-2-3-14-25-24(30)20-9-8-15-27(18-20)19-23(29)26-21-10-12-22(13-11-21)33(31,32)28-16-6-4-5-7-17-28/h10-13,20H,2-9,14-19H2,1H3,(H,25,30)(H,26,29). The second kappa shape index (κ2) is 12.5. The largest absolute Gasteiger partial charge is 0.356 e. The van der Waals surface area contributed by atoms with Gasteiger partial charge in [-0.25, -0.2) is 8.42 Å². The van der Waals surface area contributed by atoms with Gasteiger partial charge in [0.25, 0.3) is 0 Å². The molecule has 3 rings (SSSR count). The first kappa shape index (κ1) is 25.6. The van der Waals surface area contributed by atoms with E-state index in [0.717, 1.165) is 57.9 Å². The summed E-state index contributed by atoms with van der Waals surface area (Å²) >= 11 is 0. The van der Waals surface area contributed by atoms with Crippen molar-refractivity contribution >= 4 is 27.5 Å². The lowest BCUT2D eigenvalue weighted by atomic mass is 9.97. The summed E-state index contributed by atoms with van der Waals surface area (Å²) in [7, 11) is -3.50. The van der Waals surface area contributed by atoms with Gasteiger partial charge in [0.2, 0.25) is 21.8 Å². The molecule has 2 N–H and O–H groups in total. The number of carbonyl (C=O) groups is 2. The van der Waals surface area contributed by atoms with Crippen LogP contribution in [0.4, 0.5) is 5.69 Å². The van der Waals surface area contributed by atoms with Crippen LogP contribution in [0.5, 0.6) is 0 Å². The molecule has 0 aromatic heterocycles. The van der Waals surface area contributed by atoms with Crippen LogP contribution in [-0.2, 0) is 19.6 Å². The summed E-state index contributed by atoms with van der Waals surface area (Å²) in [5.41, 5.74) is 0.570. The van der Waals surface area contributed by atoms with E-state index in [-0.39, 0.29) is 29.2 Å². The molecule has 1 aromatic rings. The number of anilines is 1. The summed E-state index contributed by atoms with van der Waals surface area (Å²) in [6.07, 6.45) is 7.68. The molecule has 2 aliphatic heterocycles. The summed E-state index contributed by atoms with van der Waals surface area (Å²) in [6, 6.07) is 6.41. The number of rotatable bonds is 9. The van der Waals surface area contributed by atoms with Gasteiger partial charge in [-0.05, 0) is 62.9 Å². The lowest BCUT2D eigenvalue weighted by Crippen LogP contribution is -2.45. The highest BCUT2D eigenvalue weighted by atomic mass is 32.2. The van der Waals surface area contributed by atoms with E-state index in [1.807, 2.05) is 4.90 Å². The molecule has 0 bridgehead atoms. The summed E-state index contributed by atoms with van der Waals surface area (Å²) in [5.74, 6) is -0.160. The van der Waals surface area contributed by atoms with Crippen molar-refractivity contribution in [2.24, 2.45) is 5.92 Å². The molecule has 0 saturated carbocycles. The van der Waals surface area contributed by atoms with E-state index in [1.54, 1.807) is 28.6 Å². The van der Waals surface area contributed by atoms with E-state index < -0.39 is 10.0 Å². The third-order valence-electron chi connectivity index (χ3n) is 6.41. The first-order chi connectivity index (χ1) is 15.9. The minimum atomic E-state index is -3.50. The lowest BCUT2D eigenvalue weighted by molar-refractivity contribution is -0.127. The number of likely N-dealkylation sites (tertiary alicyclic amines) is 1. The number of sulfonamides is 1. The summed E-state index contributed by atoms with van der Waals surface area (Å²) < 4.78 is 27.4. The smallest absolute Gasteiger partial charge is 0.243 e. The van der Waals surface area contributed by atoms with Crippen LogP contribution in [0, 0.1) is 5.92 Å². The number of amides is 2. The Morgan fingerprint density at radius 2 is 1.70 bits per heavy atom. The minimum absolute atomic E-state index is 0.0770. The number of hydrogen-bond acceptors (Lipinski definition) is 5. The first-order valence-electron chi connectivity index (χ1n) is 12.3. The van der Waals surface area contributed by atoms with Crippen molar-refractivity contribution in [1.82, 2.24) is 14.5 Å². The predicted molar refractivity (Wildman–Crippen MR) is 129 cm³/mol. The molecular weight excluding hydrogens is 440 g/mol. The van der Waals surface area contributed by atoms with E-state index in [9.17, 15) is 18.0 Å².